The zero-order valence-electron chi connectivity index (χ0n) is 9.78. The molecule has 0 amide bonds. The van der Waals surface area contributed by atoms with E-state index in [-0.39, 0.29) is 5.54 Å². The molecule has 1 rings (SSSR count). The van der Waals surface area contributed by atoms with E-state index in [0.717, 1.165) is 11.6 Å². The number of nitrogens with two attached hydrogens (primary N) is 1. The lowest BCUT2D eigenvalue weighted by atomic mass is 10.1. The van der Waals surface area contributed by atoms with Crippen LogP contribution in [0.5, 0.6) is 0 Å². The first-order chi connectivity index (χ1) is 6.88. The summed E-state index contributed by atoms with van der Waals surface area (Å²) in [4.78, 5) is 10.2. The highest BCUT2D eigenvalue weighted by molar-refractivity contribution is 5.47. The molecule has 0 aliphatic heterocycles. The van der Waals surface area contributed by atoms with Crippen LogP contribution in [0.3, 0.4) is 0 Å². The van der Waals surface area contributed by atoms with E-state index < -0.39 is 0 Å². The average Bonchev–Trinajstić information content (AvgIpc) is 2.14. The zero-order valence-corrected chi connectivity index (χ0v) is 9.78. The Morgan fingerprint density at radius 3 is 2.60 bits per heavy atom. The van der Waals surface area contributed by atoms with Gasteiger partial charge in [-0.1, -0.05) is 0 Å². The van der Waals surface area contributed by atoms with Gasteiger partial charge in [-0.15, -0.1) is 0 Å². The molecule has 5 heteroatoms. The van der Waals surface area contributed by atoms with Gasteiger partial charge in [0.25, 0.3) is 0 Å². The predicted molar refractivity (Wildman–Crippen MR) is 63.1 cm³/mol. The summed E-state index contributed by atoms with van der Waals surface area (Å²) in [6, 6.07) is 1.89. The fourth-order valence-electron chi connectivity index (χ4n) is 1.01. The highest BCUT2D eigenvalue weighted by atomic mass is 15.2. The number of aromatic nitrogens is 2. The number of nitrogens with zero attached hydrogens (tertiary/aromatic N) is 3. The van der Waals surface area contributed by atoms with Crippen LogP contribution in [-0.2, 0) is 0 Å². The molecule has 0 aliphatic carbocycles. The maximum Gasteiger partial charge on any atom is 0.133 e. The Morgan fingerprint density at radius 1 is 1.40 bits per heavy atom. The van der Waals surface area contributed by atoms with Crippen molar-refractivity contribution in [2.24, 2.45) is 5.73 Å². The fraction of sp³-hybridized carbons (Fsp3) is 0.600. The summed E-state index contributed by atoms with van der Waals surface area (Å²) in [7, 11) is 3.89. The summed E-state index contributed by atoms with van der Waals surface area (Å²) in [6.07, 6.45) is 1.54. The maximum absolute atomic E-state index is 5.86. The highest BCUT2D eigenvalue weighted by Crippen LogP contribution is 2.11. The first-order valence-corrected chi connectivity index (χ1v) is 4.90. The summed E-state index contributed by atoms with van der Waals surface area (Å²) in [5.41, 5.74) is 5.62. The molecule has 5 nitrogen and oxygen atoms in total. The molecule has 0 saturated heterocycles. The van der Waals surface area contributed by atoms with Gasteiger partial charge in [-0.05, 0) is 13.8 Å². The van der Waals surface area contributed by atoms with Gasteiger partial charge in [0.1, 0.15) is 18.0 Å². The standard InChI is InChI=1S/C10H19N5/c1-10(2,11)6-12-8-5-9(15(3)4)14-7-13-8/h5,7H,6,11H2,1-4H3,(H,12,13,14). The van der Waals surface area contributed by atoms with E-state index in [2.05, 4.69) is 15.3 Å². The molecule has 0 aromatic carbocycles. The number of rotatable bonds is 4. The van der Waals surface area contributed by atoms with Gasteiger partial charge in [-0.2, -0.15) is 0 Å². The minimum Gasteiger partial charge on any atom is -0.368 e. The molecule has 0 fully saturated rings. The van der Waals surface area contributed by atoms with Crippen molar-refractivity contribution < 1.29 is 0 Å². The van der Waals surface area contributed by atoms with E-state index in [9.17, 15) is 0 Å². The Bertz CT molecular complexity index is 316. The summed E-state index contributed by atoms with van der Waals surface area (Å²) in [5.74, 6) is 1.68. The van der Waals surface area contributed by atoms with Crippen molar-refractivity contribution in [2.75, 3.05) is 30.9 Å². The number of hydrogen-bond donors (Lipinski definition) is 2. The summed E-state index contributed by atoms with van der Waals surface area (Å²) < 4.78 is 0. The van der Waals surface area contributed by atoms with Gasteiger partial charge >= 0.3 is 0 Å². The van der Waals surface area contributed by atoms with Crippen LogP contribution in [0.1, 0.15) is 13.8 Å². The highest BCUT2D eigenvalue weighted by Gasteiger charge is 2.10. The lowest BCUT2D eigenvalue weighted by Crippen LogP contribution is -2.39. The molecular formula is C10H19N5. The largest absolute Gasteiger partial charge is 0.368 e. The summed E-state index contributed by atoms with van der Waals surface area (Å²) in [5, 5.41) is 3.18. The number of hydrogen-bond acceptors (Lipinski definition) is 5. The van der Waals surface area contributed by atoms with Gasteiger partial charge in [0.05, 0.1) is 0 Å². The third kappa shape index (κ3) is 4.12. The molecule has 0 spiro atoms. The van der Waals surface area contributed by atoms with Crippen LogP contribution < -0.4 is 16.0 Å². The minimum absolute atomic E-state index is 0.247. The molecule has 0 radical (unpaired) electrons. The van der Waals surface area contributed by atoms with Crippen LogP contribution in [0.4, 0.5) is 11.6 Å². The van der Waals surface area contributed by atoms with Crippen LogP contribution >= 0.6 is 0 Å². The second-order valence-electron chi connectivity index (χ2n) is 4.50. The smallest absolute Gasteiger partial charge is 0.133 e. The van der Waals surface area contributed by atoms with E-state index in [4.69, 9.17) is 5.73 Å². The molecule has 1 aromatic rings. The van der Waals surface area contributed by atoms with Gasteiger partial charge in [-0.3, -0.25) is 0 Å². The van der Waals surface area contributed by atoms with E-state index in [1.54, 1.807) is 6.33 Å². The summed E-state index contributed by atoms with van der Waals surface area (Å²) >= 11 is 0. The van der Waals surface area contributed by atoms with Crippen molar-refractivity contribution in [3.63, 3.8) is 0 Å². The first kappa shape index (κ1) is 11.7. The van der Waals surface area contributed by atoms with Crippen LogP contribution in [0, 0.1) is 0 Å². The number of anilines is 2. The predicted octanol–water partition coefficient (Wildman–Crippen LogP) is 0.692. The second-order valence-corrected chi connectivity index (χ2v) is 4.50. The van der Waals surface area contributed by atoms with Crippen molar-refractivity contribution in [2.45, 2.75) is 19.4 Å². The van der Waals surface area contributed by atoms with Crippen molar-refractivity contribution >= 4 is 11.6 Å². The lowest BCUT2D eigenvalue weighted by molar-refractivity contribution is 0.548. The fourth-order valence-corrected chi connectivity index (χ4v) is 1.01. The molecule has 0 unspecified atom stereocenters. The molecule has 0 atom stereocenters. The maximum atomic E-state index is 5.86. The quantitative estimate of drug-likeness (QED) is 0.763. The molecule has 0 saturated carbocycles. The molecule has 0 aliphatic rings. The molecule has 84 valence electrons. The lowest BCUT2D eigenvalue weighted by Gasteiger charge is -2.19. The van der Waals surface area contributed by atoms with E-state index in [1.165, 1.54) is 0 Å². The van der Waals surface area contributed by atoms with Gasteiger partial charge < -0.3 is 16.0 Å². The average molecular weight is 209 g/mol. The van der Waals surface area contributed by atoms with Crippen LogP contribution in [0.25, 0.3) is 0 Å². The van der Waals surface area contributed by atoms with Gasteiger partial charge in [0, 0.05) is 32.2 Å². The molecular weight excluding hydrogens is 190 g/mol. The third-order valence-electron chi connectivity index (χ3n) is 1.84. The van der Waals surface area contributed by atoms with Crippen LogP contribution in [0.15, 0.2) is 12.4 Å². The minimum atomic E-state index is -0.247. The van der Waals surface area contributed by atoms with Crippen LogP contribution in [0.2, 0.25) is 0 Å². The topological polar surface area (TPSA) is 67.1 Å². The monoisotopic (exact) mass is 209 g/mol. The van der Waals surface area contributed by atoms with Crippen molar-refractivity contribution in [3.05, 3.63) is 12.4 Å². The SMILES string of the molecule is CN(C)c1cc(NCC(C)(C)N)ncn1. The molecule has 0 bridgehead atoms. The van der Waals surface area contributed by atoms with Crippen molar-refractivity contribution in [1.29, 1.82) is 0 Å². The van der Waals surface area contributed by atoms with E-state index >= 15 is 0 Å². The Kier molecular flexibility index (Phi) is 3.47. The van der Waals surface area contributed by atoms with Gasteiger partial charge in [0.15, 0.2) is 0 Å². The molecule has 1 heterocycles. The summed E-state index contributed by atoms with van der Waals surface area (Å²) in [6.45, 7) is 4.61. The van der Waals surface area contributed by atoms with Gasteiger partial charge in [0.2, 0.25) is 0 Å². The molecule has 1 aromatic heterocycles. The molecule has 15 heavy (non-hydrogen) atoms. The third-order valence-corrected chi connectivity index (χ3v) is 1.84. The first-order valence-electron chi connectivity index (χ1n) is 4.90. The normalized spacial score (nSPS) is 11.3. The van der Waals surface area contributed by atoms with Crippen molar-refractivity contribution in [3.8, 4) is 0 Å². The zero-order chi connectivity index (χ0) is 11.5. The Hall–Kier alpha value is -1.36. The molecule has 3 N–H and O–H groups in total. The Morgan fingerprint density at radius 2 is 2.07 bits per heavy atom. The van der Waals surface area contributed by atoms with Crippen molar-refractivity contribution in [1.82, 2.24) is 9.97 Å². The Balaban J connectivity index is 2.66. The van der Waals surface area contributed by atoms with Gasteiger partial charge in [-0.25, -0.2) is 9.97 Å². The second kappa shape index (κ2) is 4.44. The number of nitrogens with one attached hydrogen (secondary N) is 1. The van der Waals surface area contributed by atoms with E-state index in [1.807, 2.05) is 38.9 Å². The van der Waals surface area contributed by atoms with E-state index in [0.29, 0.717) is 6.54 Å². The Labute approximate surface area is 90.7 Å². The van der Waals surface area contributed by atoms with Crippen LogP contribution in [-0.4, -0.2) is 36.1 Å².